The van der Waals surface area contributed by atoms with E-state index in [9.17, 15) is 0 Å². The van der Waals surface area contributed by atoms with Crippen molar-refractivity contribution in [2.75, 3.05) is 19.6 Å². The quantitative estimate of drug-likeness (QED) is 0.911. The molecule has 0 amide bonds. The number of hydrogen-bond donors (Lipinski definition) is 1. The summed E-state index contributed by atoms with van der Waals surface area (Å²) in [5, 5.41) is 1.07. The van der Waals surface area contributed by atoms with E-state index in [1.807, 2.05) is 19.9 Å². The number of likely N-dealkylation sites (tertiary alicyclic amines) is 1. The van der Waals surface area contributed by atoms with E-state index in [4.69, 9.17) is 33.7 Å². The van der Waals surface area contributed by atoms with E-state index in [1.54, 1.807) is 12.1 Å². The van der Waals surface area contributed by atoms with Gasteiger partial charge in [0.25, 0.3) is 0 Å². The molecule has 1 aliphatic heterocycles. The van der Waals surface area contributed by atoms with Crippen molar-refractivity contribution in [3.8, 4) is 5.75 Å². The van der Waals surface area contributed by atoms with E-state index < -0.39 is 0 Å². The van der Waals surface area contributed by atoms with E-state index >= 15 is 0 Å². The van der Waals surface area contributed by atoms with Crippen molar-refractivity contribution in [3.05, 3.63) is 28.2 Å². The summed E-state index contributed by atoms with van der Waals surface area (Å²) >= 11 is 11.9. The van der Waals surface area contributed by atoms with E-state index in [-0.39, 0.29) is 24.0 Å². The summed E-state index contributed by atoms with van der Waals surface area (Å²) in [5.74, 6) is 0.772. The molecule has 1 aromatic rings. The zero-order valence-electron chi connectivity index (χ0n) is 11.7. The second-order valence-electron chi connectivity index (χ2n) is 5.83. The van der Waals surface area contributed by atoms with E-state index in [2.05, 4.69) is 4.90 Å². The lowest BCUT2D eigenvalue weighted by Gasteiger charge is -2.26. The first-order valence-electron chi connectivity index (χ1n) is 6.46. The van der Waals surface area contributed by atoms with Gasteiger partial charge in [-0.1, -0.05) is 23.2 Å². The number of rotatable bonds is 4. The average molecular weight is 340 g/mol. The van der Waals surface area contributed by atoms with Crippen LogP contribution in [0, 0.1) is 0 Å². The normalized spacial score (nSPS) is 19.8. The Labute approximate surface area is 136 Å². The van der Waals surface area contributed by atoms with Gasteiger partial charge in [-0.15, -0.1) is 12.4 Å². The number of nitrogens with two attached hydrogens (primary N) is 1. The predicted octanol–water partition coefficient (Wildman–Crippen LogP) is 3.61. The smallest absolute Gasteiger partial charge is 0.121 e. The molecule has 0 radical (unpaired) electrons. The van der Waals surface area contributed by atoms with Crippen molar-refractivity contribution in [1.82, 2.24) is 4.90 Å². The van der Waals surface area contributed by atoms with Gasteiger partial charge in [0, 0.05) is 31.2 Å². The molecule has 1 atom stereocenters. The Kier molecular flexibility index (Phi) is 6.42. The van der Waals surface area contributed by atoms with Crippen LogP contribution in [0.1, 0.15) is 20.3 Å². The maximum absolute atomic E-state index is 6.04. The monoisotopic (exact) mass is 338 g/mol. The highest BCUT2D eigenvalue weighted by Gasteiger charge is 2.27. The van der Waals surface area contributed by atoms with Crippen LogP contribution in [0.2, 0.25) is 10.0 Å². The zero-order chi connectivity index (χ0) is 14.0. The average Bonchev–Trinajstić information content (AvgIpc) is 2.68. The Hall–Kier alpha value is -0.190. The largest absolute Gasteiger partial charge is 0.489 e. The van der Waals surface area contributed by atoms with Crippen LogP contribution in [-0.2, 0) is 0 Å². The summed E-state index contributed by atoms with van der Waals surface area (Å²) < 4.78 is 5.93. The number of nitrogens with zero attached hydrogens (tertiary/aromatic N) is 1. The van der Waals surface area contributed by atoms with Crippen molar-refractivity contribution < 1.29 is 4.74 Å². The number of halogens is 3. The maximum Gasteiger partial charge on any atom is 0.121 e. The molecule has 0 spiro atoms. The molecule has 1 unspecified atom stereocenters. The molecule has 0 saturated carbocycles. The molecule has 0 aromatic heterocycles. The van der Waals surface area contributed by atoms with Gasteiger partial charge in [0.05, 0.1) is 10.0 Å². The van der Waals surface area contributed by atoms with Crippen LogP contribution < -0.4 is 10.5 Å². The Morgan fingerprint density at radius 1 is 1.35 bits per heavy atom. The van der Waals surface area contributed by atoms with Gasteiger partial charge in [0.2, 0.25) is 0 Å². The molecule has 3 nitrogen and oxygen atoms in total. The summed E-state index contributed by atoms with van der Waals surface area (Å²) in [4.78, 5) is 2.34. The van der Waals surface area contributed by atoms with Crippen molar-refractivity contribution in [2.24, 2.45) is 5.73 Å². The fourth-order valence-electron chi connectivity index (χ4n) is 2.36. The van der Waals surface area contributed by atoms with Crippen LogP contribution in [0.5, 0.6) is 5.75 Å². The van der Waals surface area contributed by atoms with Gasteiger partial charge in [-0.05, 0) is 32.4 Å². The highest BCUT2D eigenvalue weighted by molar-refractivity contribution is 6.42. The van der Waals surface area contributed by atoms with Gasteiger partial charge in [-0.25, -0.2) is 0 Å². The van der Waals surface area contributed by atoms with Gasteiger partial charge < -0.3 is 10.5 Å². The lowest BCUT2D eigenvalue weighted by Crippen LogP contribution is -2.44. The first-order valence-corrected chi connectivity index (χ1v) is 7.22. The fraction of sp³-hybridized carbons (Fsp3) is 0.571. The van der Waals surface area contributed by atoms with E-state index in [0.29, 0.717) is 10.0 Å². The van der Waals surface area contributed by atoms with Crippen LogP contribution in [0.4, 0.5) is 0 Å². The minimum Gasteiger partial charge on any atom is -0.489 e. The van der Waals surface area contributed by atoms with Crippen molar-refractivity contribution in [1.29, 1.82) is 0 Å². The number of hydrogen-bond acceptors (Lipinski definition) is 3. The van der Waals surface area contributed by atoms with Crippen LogP contribution in [0.3, 0.4) is 0 Å². The van der Waals surface area contributed by atoms with Crippen molar-refractivity contribution in [2.45, 2.75) is 31.9 Å². The Morgan fingerprint density at radius 3 is 2.65 bits per heavy atom. The lowest BCUT2D eigenvalue weighted by molar-refractivity contribution is 0.190. The SMILES string of the molecule is CC(C)(N)CN1CCC(Oc2ccc(Cl)c(Cl)c2)C1.Cl. The Morgan fingerprint density at radius 2 is 2.05 bits per heavy atom. The van der Waals surface area contributed by atoms with Crippen molar-refractivity contribution >= 4 is 35.6 Å². The molecule has 1 aromatic carbocycles. The molecule has 0 bridgehead atoms. The highest BCUT2D eigenvalue weighted by Crippen LogP contribution is 2.28. The van der Waals surface area contributed by atoms with Crippen LogP contribution in [0.25, 0.3) is 0 Å². The van der Waals surface area contributed by atoms with Gasteiger partial charge in [0.15, 0.2) is 0 Å². The second-order valence-corrected chi connectivity index (χ2v) is 6.64. The van der Waals surface area contributed by atoms with Crippen LogP contribution in [-0.4, -0.2) is 36.2 Å². The summed E-state index contributed by atoms with van der Waals surface area (Å²) in [7, 11) is 0. The topological polar surface area (TPSA) is 38.5 Å². The predicted molar refractivity (Wildman–Crippen MR) is 87.4 cm³/mol. The van der Waals surface area contributed by atoms with Crippen molar-refractivity contribution in [3.63, 3.8) is 0 Å². The molecule has 1 aliphatic rings. The molecule has 2 rings (SSSR count). The van der Waals surface area contributed by atoms with E-state index in [0.717, 1.165) is 31.8 Å². The highest BCUT2D eigenvalue weighted by atomic mass is 35.5. The second kappa shape index (κ2) is 7.19. The Bertz CT molecular complexity index is 449. The van der Waals surface area contributed by atoms with Gasteiger partial charge in [0.1, 0.15) is 11.9 Å². The number of benzene rings is 1. The third kappa shape index (κ3) is 5.30. The molecular weight excluding hydrogens is 319 g/mol. The third-order valence-corrected chi connectivity index (χ3v) is 3.79. The standard InChI is InChI=1S/C14H20Cl2N2O.ClH/c1-14(2,17)9-18-6-5-11(8-18)19-10-3-4-12(15)13(16)7-10;/h3-4,7,11H,5-6,8-9,17H2,1-2H3;1H. The minimum atomic E-state index is -0.168. The van der Waals surface area contributed by atoms with Crippen LogP contribution in [0.15, 0.2) is 18.2 Å². The van der Waals surface area contributed by atoms with Crippen LogP contribution >= 0.6 is 35.6 Å². The third-order valence-electron chi connectivity index (χ3n) is 3.05. The summed E-state index contributed by atoms with van der Waals surface area (Å²) in [6.07, 6.45) is 1.20. The molecule has 1 saturated heterocycles. The fourth-order valence-corrected chi connectivity index (χ4v) is 2.64. The number of ether oxygens (including phenoxy) is 1. The molecule has 6 heteroatoms. The molecule has 114 valence electrons. The molecule has 0 aliphatic carbocycles. The summed E-state index contributed by atoms with van der Waals surface area (Å²) in [5.41, 5.74) is 5.87. The molecular formula is C14H21Cl3N2O. The van der Waals surface area contributed by atoms with Gasteiger partial charge >= 0.3 is 0 Å². The lowest BCUT2D eigenvalue weighted by atomic mass is 10.1. The molecule has 1 fully saturated rings. The minimum absolute atomic E-state index is 0. The first kappa shape index (κ1) is 17.9. The summed E-state index contributed by atoms with van der Waals surface area (Å²) in [6, 6.07) is 5.37. The van der Waals surface area contributed by atoms with Gasteiger partial charge in [-0.3, -0.25) is 4.90 Å². The molecule has 20 heavy (non-hydrogen) atoms. The summed E-state index contributed by atoms with van der Waals surface area (Å²) in [6.45, 7) is 6.89. The molecule has 1 heterocycles. The van der Waals surface area contributed by atoms with Gasteiger partial charge in [-0.2, -0.15) is 0 Å². The zero-order valence-corrected chi connectivity index (χ0v) is 14.1. The molecule has 2 N–H and O–H groups in total. The van der Waals surface area contributed by atoms with E-state index in [1.165, 1.54) is 0 Å². The maximum atomic E-state index is 6.04. The first-order chi connectivity index (χ1) is 8.83. The Balaban J connectivity index is 0.00000200.